The largest absolute Gasteiger partial charge is 3.00 e. The predicted octanol–water partition coefficient (Wildman–Crippen LogP) is 0.392. The minimum atomic E-state index is 0. The number of nitrogen functional groups attached to an aromatic ring is 1. The predicted molar refractivity (Wildman–Crippen MR) is 31.5 cm³/mol. The van der Waals surface area contributed by atoms with Gasteiger partial charge in [0.05, 0.1) is 0 Å². The standard InChI is InChI=1S/C5H8N3.Y/c1-3-4(2)7-8-5(3)6;/h1-2H3,(H2,6,8);/q-1;+3. The summed E-state index contributed by atoms with van der Waals surface area (Å²) < 4.78 is 0. The first-order valence-corrected chi connectivity index (χ1v) is 2.44. The fraction of sp³-hybridized carbons (Fsp3) is 0.400. The normalized spacial score (nSPS) is 8.67. The molecule has 0 aliphatic rings. The average molecular weight is 199 g/mol. The van der Waals surface area contributed by atoms with Crippen molar-refractivity contribution in [2.24, 2.45) is 0 Å². The van der Waals surface area contributed by atoms with Crippen LogP contribution in [-0.2, 0) is 32.7 Å². The van der Waals surface area contributed by atoms with Crippen molar-refractivity contribution in [1.29, 1.82) is 0 Å². The number of rotatable bonds is 0. The van der Waals surface area contributed by atoms with Crippen LogP contribution in [0.1, 0.15) is 11.3 Å². The SMILES string of the molecule is Cc1nnc(N)[c-]1C.[Y+3]. The van der Waals surface area contributed by atoms with Crippen LogP contribution in [0.15, 0.2) is 0 Å². The van der Waals surface area contributed by atoms with E-state index in [0.29, 0.717) is 5.82 Å². The summed E-state index contributed by atoms with van der Waals surface area (Å²) in [6.07, 6.45) is 0. The number of aromatic nitrogens is 2. The summed E-state index contributed by atoms with van der Waals surface area (Å²) in [6, 6.07) is 0. The van der Waals surface area contributed by atoms with Crippen LogP contribution in [0, 0.1) is 13.8 Å². The number of anilines is 1. The molecule has 0 aliphatic carbocycles. The van der Waals surface area contributed by atoms with E-state index in [0.717, 1.165) is 11.3 Å². The summed E-state index contributed by atoms with van der Waals surface area (Å²) in [5.74, 6) is 0.544. The maximum Gasteiger partial charge on any atom is 3.00 e. The molecule has 1 rings (SSSR count). The van der Waals surface area contributed by atoms with Gasteiger partial charge in [-0.2, -0.15) is 17.1 Å². The molecule has 3 nitrogen and oxygen atoms in total. The van der Waals surface area contributed by atoms with Crippen molar-refractivity contribution < 1.29 is 32.7 Å². The molecule has 1 aromatic rings. The summed E-state index contributed by atoms with van der Waals surface area (Å²) in [5.41, 5.74) is 7.28. The molecule has 4 heteroatoms. The Morgan fingerprint density at radius 2 is 2.00 bits per heavy atom. The van der Waals surface area contributed by atoms with Gasteiger partial charge in [0.1, 0.15) is 0 Å². The Hall–Kier alpha value is 0.114. The third-order valence-electron chi connectivity index (χ3n) is 1.23. The molecule has 44 valence electrons. The van der Waals surface area contributed by atoms with Crippen molar-refractivity contribution in [1.82, 2.24) is 10.2 Å². The Morgan fingerprint density at radius 3 is 2.11 bits per heavy atom. The van der Waals surface area contributed by atoms with Gasteiger partial charge >= 0.3 is 32.7 Å². The zero-order valence-corrected chi connectivity index (χ0v) is 8.39. The first-order valence-electron chi connectivity index (χ1n) is 2.44. The molecule has 0 saturated heterocycles. The van der Waals surface area contributed by atoms with Crippen LogP contribution in [0.4, 0.5) is 5.82 Å². The fourth-order valence-electron chi connectivity index (χ4n) is 0.464. The summed E-state index contributed by atoms with van der Waals surface area (Å²) in [4.78, 5) is 0. The molecule has 0 spiro atoms. The second kappa shape index (κ2) is 3.32. The maximum atomic E-state index is 5.37. The first-order chi connectivity index (χ1) is 3.72. The summed E-state index contributed by atoms with van der Waals surface area (Å²) in [7, 11) is 0. The zero-order chi connectivity index (χ0) is 6.15. The molecule has 0 aromatic carbocycles. The van der Waals surface area contributed by atoms with E-state index < -0.39 is 0 Å². The van der Waals surface area contributed by atoms with Gasteiger partial charge in [0, 0.05) is 0 Å². The van der Waals surface area contributed by atoms with Crippen molar-refractivity contribution in [3.63, 3.8) is 0 Å². The Kier molecular flexibility index (Phi) is 3.37. The second-order valence-electron chi connectivity index (χ2n) is 1.80. The number of nitrogens with two attached hydrogens (primary N) is 1. The molecule has 2 N–H and O–H groups in total. The van der Waals surface area contributed by atoms with Crippen molar-refractivity contribution >= 4 is 5.82 Å². The maximum absolute atomic E-state index is 5.37. The van der Waals surface area contributed by atoms with Crippen LogP contribution in [0.5, 0.6) is 0 Å². The summed E-state index contributed by atoms with van der Waals surface area (Å²) in [5, 5.41) is 7.38. The van der Waals surface area contributed by atoms with Crippen molar-refractivity contribution in [2.75, 3.05) is 5.73 Å². The minimum Gasteiger partial charge on any atom is -0.409 e. The van der Waals surface area contributed by atoms with Crippen molar-refractivity contribution in [2.45, 2.75) is 13.8 Å². The van der Waals surface area contributed by atoms with Gasteiger partial charge in [-0.3, -0.25) is 5.56 Å². The van der Waals surface area contributed by atoms with Crippen LogP contribution < -0.4 is 5.73 Å². The molecule has 0 aliphatic heterocycles. The molecule has 1 aromatic heterocycles. The number of aryl methyl sites for hydroxylation is 1. The third-order valence-corrected chi connectivity index (χ3v) is 1.23. The molecular weight excluding hydrogens is 191 g/mol. The monoisotopic (exact) mass is 199 g/mol. The Morgan fingerprint density at radius 1 is 1.44 bits per heavy atom. The van der Waals surface area contributed by atoms with Gasteiger partial charge in [-0.15, -0.1) is 0 Å². The summed E-state index contributed by atoms with van der Waals surface area (Å²) >= 11 is 0. The van der Waals surface area contributed by atoms with Crippen LogP contribution in [0.2, 0.25) is 0 Å². The van der Waals surface area contributed by atoms with Crippen LogP contribution in [0.25, 0.3) is 0 Å². The second-order valence-corrected chi connectivity index (χ2v) is 1.80. The number of hydrogen-bond donors (Lipinski definition) is 1. The fourth-order valence-corrected chi connectivity index (χ4v) is 0.464. The molecule has 0 amide bonds. The third kappa shape index (κ3) is 1.76. The van der Waals surface area contributed by atoms with E-state index in [9.17, 15) is 0 Å². The van der Waals surface area contributed by atoms with Gasteiger partial charge in [-0.25, -0.2) is 0 Å². The smallest absolute Gasteiger partial charge is 0.409 e. The first kappa shape index (κ1) is 9.11. The van der Waals surface area contributed by atoms with Gasteiger partial charge < -0.3 is 5.73 Å². The van der Waals surface area contributed by atoms with Crippen molar-refractivity contribution in [3.8, 4) is 0 Å². The van der Waals surface area contributed by atoms with E-state index >= 15 is 0 Å². The van der Waals surface area contributed by atoms with Gasteiger partial charge in [0.2, 0.25) is 0 Å². The molecular formula is C5H8N3Y+2. The van der Waals surface area contributed by atoms with Gasteiger partial charge in [-0.1, -0.05) is 12.6 Å². The molecule has 1 heterocycles. The van der Waals surface area contributed by atoms with E-state index in [1.54, 1.807) is 0 Å². The van der Waals surface area contributed by atoms with E-state index in [1.807, 2.05) is 13.8 Å². The number of nitrogens with zero attached hydrogens (tertiary/aromatic N) is 2. The molecule has 0 radical (unpaired) electrons. The molecule has 0 atom stereocenters. The molecule has 0 unspecified atom stereocenters. The summed E-state index contributed by atoms with van der Waals surface area (Å²) in [6.45, 7) is 3.80. The number of hydrogen-bond acceptors (Lipinski definition) is 3. The van der Waals surface area contributed by atoms with Crippen LogP contribution in [0.3, 0.4) is 0 Å². The Labute approximate surface area is 79.3 Å². The van der Waals surface area contributed by atoms with Crippen LogP contribution >= 0.6 is 0 Å². The van der Waals surface area contributed by atoms with Gasteiger partial charge in [0.25, 0.3) is 0 Å². The molecule has 0 bridgehead atoms. The quantitative estimate of drug-likeness (QED) is 0.615. The van der Waals surface area contributed by atoms with E-state index in [1.165, 1.54) is 0 Å². The minimum absolute atomic E-state index is 0. The Bertz CT molecular complexity index is 175. The van der Waals surface area contributed by atoms with E-state index in [2.05, 4.69) is 10.2 Å². The van der Waals surface area contributed by atoms with Crippen molar-refractivity contribution in [3.05, 3.63) is 11.3 Å². The molecule has 0 saturated carbocycles. The molecule has 0 fully saturated rings. The zero-order valence-electron chi connectivity index (χ0n) is 5.55. The van der Waals surface area contributed by atoms with E-state index in [4.69, 9.17) is 5.73 Å². The Balaban J connectivity index is 0.000000640. The average Bonchev–Trinajstić information content (AvgIpc) is 1.98. The van der Waals surface area contributed by atoms with Gasteiger partial charge in [-0.05, 0) is 5.82 Å². The van der Waals surface area contributed by atoms with Gasteiger partial charge in [0.15, 0.2) is 0 Å². The topological polar surface area (TPSA) is 51.8 Å². The molecule has 9 heavy (non-hydrogen) atoms. The van der Waals surface area contributed by atoms with E-state index in [-0.39, 0.29) is 32.7 Å². The van der Waals surface area contributed by atoms with Crippen LogP contribution in [-0.4, -0.2) is 10.2 Å².